The molecule has 3 aromatic rings. The van der Waals surface area contributed by atoms with E-state index in [1.54, 1.807) is 19.6 Å². The van der Waals surface area contributed by atoms with Gasteiger partial charge in [-0.25, -0.2) is 0 Å². The molecule has 0 aliphatic rings. The van der Waals surface area contributed by atoms with E-state index in [1.807, 2.05) is 24.3 Å². The highest BCUT2D eigenvalue weighted by molar-refractivity contribution is 7.86. The fourth-order valence-corrected chi connectivity index (χ4v) is 4.09. The highest BCUT2D eigenvalue weighted by Gasteiger charge is 2.24. The predicted octanol–water partition coefficient (Wildman–Crippen LogP) is 4.81. The van der Waals surface area contributed by atoms with E-state index < -0.39 is 22.4 Å². The molecular weight excluding hydrogens is 402 g/mol. The second-order valence-corrected chi connectivity index (χ2v) is 8.95. The van der Waals surface area contributed by atoms with Gasteiger partial charge in [-0.1, -0.05) is 43.7 Å². The molecule has 7 heteroatoms. The van der Waals surface area contributed by atoms with Crippen LogP contribution >= 0.6 is 0 Å². The molecule has 2 unspecified atom stereocenters. The van der Waals surface area contributed by atoms with Crippen LogP contribution in [0.1, 0.15) is 43.4 Å². The summed E-state index contributed by atoms with van der Waals surface area (Å²) in [6.45, 7) is 2.19. The number of aryl methyl sites for hydroxylation is 1. The van der Waals surface area contributed by atoms with Crippen molar-refractivity contribution in [3.05, 3.63) is 66.1 Å². The van der Waals surface area contributed by atoms with Crippen molar-refractivity contribution in [1.29, 1.82) is 0 Å². The number of fused-ring (bicyclic) bond motifs is 1. The van der Waals surface area contributed by atoms with Gasteiger partial charge in [0.25, 0.3) is 10.1 Å². The highest BCUT2D eigenvalue weighted by Crippen LogP contribution is 2.34. The topological polar surface area (TPSA) is 77.8 Å². The molecule has 1 aromatic heterocycles. The standard InChI is InChI=1S/C23H29NO5S/c1-4-5-8-17-11-12-21(20-10-7-6-9-19(17)20)28-22(18-13-14-27-16-18)15-23(24-2)29-30(3,25)26/h6-7,9-14,16,22-24H,4-5,8,15H2,1-3H3. The normalized spacial score (nSPS) is 14.0. The van der Waals surface area contributed by atoms with Gasteiger partial charge < -0.3 is 9.15 Å². The van der Waals surface area contributed by atoms with Gasteiger partial charge in [-0.15, -0.1) is 0 Å². The van der Waals surface area contributed by atoms with Crippen molar-refractivity contribution in [3.63, 3.8) is 0 Å². The SMILES string of the molecule is CCCCc1ccc(OC(CC(NC)OS(C)(=O)=O)c2ccoc2)c2ccccc12. The Hall–Kier alpha value is -2.35. The van der Waals surface area contributed by atoms with Crippen molar-refractivity contribution < 1.29 is 21.8 Å². The zero-order valence-electron chi connectivity index (χ0n) is 17.6. The number of rotatable bonds is 11. The van der Waals surface area contributed by atoms with Crippen LogP contribution in [0.5, 0.6) is 5.75 Å². The summed E-state index contributed by atoms with van der Waals surface area (Å²) < 4.78 is 40.0. The summed E-state index contributed by atoms with van der Waals surface area (Å²) in [5, 5.41) is 5.10. The summed E-state index contributed by atoms with van der Waals surface area (Å²) in [5.41, 5.74) is 2.11. The quantitative estimate of drug-likeness (QED) is 0.347. The molecule has 2 atom stereocenters. The van der Waals surface area contributed by atoms with Crippen LogP contribution in [0.15, 0.2) is 59.4 Å². The van der Waals surface area contributed by atoms with Gasteiger partial charge in [0.15, 0.2) is 0 Å². The van der Waals surface area contributed by atoms with Gasteiger partial charge >= 0.3 is 0 Å². The summed E-state index contributed by atoms with van der Waals surface area (Å²) in [5.74, 6) is 0.742. The zero-order chi connectivity index (χ0) is 21.6. The average Bonchev–Trinajstić information content (AvgIpc) is 3.25. The van der Waals surface area contributed by atoms with Crippen molar-refractivity contribution in [2.45, 2.75) is 44.9 Å². The molecule has 0 fully saturated rings. The first-order valence-corrected chi connectivity index (χ1v) is 12.0. The van der Waals surface area contributed by atoms with Crippen LogP contribution in [0.25, 0.3) is 10.8 Å². The molecule has 0 aliphatic carbocycles. The predicted molar refractivity (Wildman–Crippen MR) is 118 cm³/mol. The van der Waals surface area contributed by atoms with Crippen LogP contribution in [0.4, 0.5) is 0 Å². The van der Waals surface area contributed by atoms with Crippen LogP contribution in [-0.4, -0.2) is 27.9 Å². The molecule has 3 rings (SSSR count). The van der Waals surface area contributed by atoms with Gasteiger partial charge in [-0.3, -0.25) is 9.50 Å². The lowest BCUT2D eigenvalue weighted by atomic mass is 9.99. The third kappa shape index (κ3) is 5.84. The summed E-state index contributed by atoms with van der Waals surface area (Å²) in [6, 6.07) is 14.1. The van der Waals surface area contributed by atoms with Crippen molar-refractivity contribution in [2.24, 2.45) is 0 Å². The van der Waals surface area contributed by atoms with Gasteiger partial charge in [-0.05, 0) is 43.0 Å². The van der Waals surface area contributed by atoms with Crippen LogP contribution in [0.3, 0.4) is 0 Å². The van der Waals surface area contributed by atoms with E-state index in [2.05, 4.69) is 30.4 Å². The Bertz CT molecular complexity index is 1050. The maximum Gasteiger partial charge on any atom is 0.265 e. The molecule has 1 heterocycles. The molecule has 1 N–H and O–H groups in total. The monoisotopic (exact) mass is 431 g/mol. The molecule has 30 heavy (non-hydrogen) atoms. The lowest BCUT2D eigenvalue weighted by molar-refractivity contribution is 0.100. The number of furan rings is 1. The molecular formula is C23H29NO5S. The van der Waals surface area contributed by atoms with Crippen LogP contribution in [0, 0.1) is 0 Å². The minimum absolute atomic E-state index is 0.287. The molecule has 2 aromatic carbocycles. The van der Waals surface area contributed by atoms with Crippen LogP contribution in [-0.2, 0) is 20.7 Å². The fraction of sp³-hybridized carbons (Fsp3) is 0.391. The molecule has 162 valence electrons. The smallest absolute Gasteiger partial charge is 0.265 e. The molecule has 0 saturated carbocycles. The summed E-state index contributed by atoms with van der Waals surface area (Å²) in [4.78, 5) is 0. The molecule has 6 nitrogen and oxygen atoms in total. The second kappa shape index (κ2) is 10.1. The minimum Gasteiger partial charge on any atom is -0.485 e. The van der Waals surface area contributed by atoms with Crippen molar-refractivity contribution in [2.75, 3.05) is 13.3 Å². The summed E-state index contributed by atoms with van der Waals surface area (Å²) in [6.07, 6.45) is 6.62. The van der Waals surface area contributed by atoms with E-state index in [0.717, 1.165) is 42.2 Å². The first-order chi connectivity index (χ1) is 14.4. The summed E-state index contributed by atoms with van der Waals surface area (Å²) >= 11 is 0. The Labute approximate surface area is 178 Å². The zero-order valence-corrected chi connectivity index (χ0v) is 18.4. The van der Waals surface area contributed by atoms with Gasteiger partial charge in [0.1, 0.15) is 18.1 Å². The largest absolute Gasteiger partial charge is 0.485 e. The van der Waals surface area contributed by atoms with Gasteiger partial charge in [0, 0.05) is 17.4 Å². The Morgan fingerprint density at radius 1 is 1.10 bits per heavy atom. The number of hydrogen-bond acceptors (Lipinski definition) is 6. The molecule has 0 spiro atoms. The first kappa shape index (κ1) is 22.3. The Balaban J connectivity index is 1.92. The minimum atomic E-state index is -3.61. The van der Waals surface area contributed by atoms with Gasteiger partial charge in [-0.2, -0.15) is 8.42 Å². The maximum absolute atomic E-state index is 11.6. The molecule has 0 amide bonds. The van der Waals surface area contributed by atoms with E-state index >= 15 is 0 Å². The highest BCUT2D eigenvalue weighted by atomic mass is 32.2. The lowest BCUT2D eigenvalue weighted by Crippen LogP contribution is -2.33. The number of unbranched alkanes of at least 4 members (excludes halogenated alkanes) is 1. The molecule has 0 radical (unpaired) electrons. The molecule has 0 saturated heterocycles. The van der Waals surface area contributed by atoms with E-state index in [0.29, 0.717) is 0 Å². The van der Waals surface area contributed by atoms with E-state index in [9.17, 15) is 8.42 Å². The lowest BCUT2D eigenvalue weighted by Gasteiger charge is -2.24. The molecule has 0 aliphatic heterocycles. The van der Waals surface area contributed by atoms with Crippen LogP contribution in [0.2, 0.25) is 0 Å². The number of ether oxygens (including phenoxy) is 1. The van der Waals surface area contributed by atoms with Crippen molar-refractivity contribution in [1.82, 2.24) is 5.32 Å². The van der Waals surface area contributed by atoms with E-state index in [4.69, 9.17) is 13.3 Å². The maximum atomic E-state index is 11.6. The Morgan fingerprint density at radius 3 is 2.50 bits per heavy atom. The van der Waals surface area contributed by atoms with Gasteiger partial charge in [0.2, 0.25) is 0 Å². The van der Waals surface area contributed by atoms with Crippen LogP contribution < -0.4 is 10.1 Å². The van der Waals surface area contributed by atoms with Crippen molar-refractivity contribution >= 4 is 20.9 Å². The number of hydrogen-bond donors (Lipinski definition) is 1. The second-order valence-electron chi connectivity index (χ2n) is 7.35. The Kier molecular flexibility index (Phi) is 7.53. The number of nitrogens with one attached hydrogen (secondary N) is 1. The average molecular weight is 432 g/mol. The third-order valence-corrected chi connectivity index (χ3v) is 5.58. The van der Waals surface area contributed by atoms with Crippen molar-refractivity contribution in [3.8, 4) is 5.75 Å². The summed E-state index contributed by atoms with van der Waals surface area (Å²) in [7, 11) is -1.96. The van der Waals surface area contributed by atoms with E-state index in [1.165, 1.54) is 10.9 Å². The first-order valence-electron chi connectivity index (χ1n) is 10.2. The number of benzene rings is 2. The molecule has 0 bridgehead atoms. The van der Waals surface area contributed by atoms with E-state index in [-0.39, 0.29) is 6.42 Å². The third-order valence-electron chi connectivity index (χ3n) is 5.00. The Morgan fingerprint density at radius 2 is 1.87 bits per heavy atom. The fourth-order valence-electron chi connectivity index (χ4n) is 3.50. The van der Waals surface area contributed by atoms with Gasteiger partial charge in [0.05, 0.1) is 18.8 Å².